The van der Waals surface area contributed by atoms with E-state index in [4.69, 9.17) is 21.1 Å². The summed E-state index contributed by atoms with van der Waals surface area (Å²) in [6.45, 7) is 9.40. The van der Waals surface area contributed by atoms with Crippen LogP contribution in [0, 0.1) is 11.6 Å². The maximum absolute atomic E-state index is 15.1. The lowest BCUT2D eigenvalue weighted by Gasteiger charge is -2.45. The predicted molar refractivity (Wildman–Crippen MR) is 167 cm³/mol. The number of halogens is 3. The van der Waals surface area contributed by atoms with Gasteiger partial charge in [-0.25, -0.2) is 13.6 Å². The highest BCUT2D eigenvalue weighted by atomic mass is 35.5. The Labute approximate surface area is 259 Å². The maximum atomic E-state index is 15.1. The first-order valence-electron chi connectivity index (χ1n) is 13.3. The molecule has 0 radical (unpaired) electrons. The van der Waals surface area contributed by atoms with Crippen molar-refractivity contribution in [1.82, 2.24) is 14.5 Å². The van der Waals surface area contributed by atoms with Gasteiger partial charge in [-0.05, 0) is 38.1 Å². The van der Waals surface area contributed by atoms with Crippen LogP contribution in [0.2, 0.25) is 5.02 Å². The largest absolute Gasteiger partial charge is 0.382 e. The molecule has 2 aliphatic rings. The number of benzene rings is 2. The highest BCUT2D eigenvalue weighted by molar-refractivity contribution is 7.99. The van der Waals surface area contributed by atoms with Crippen LogP contribution in [0.15, 0.2) is 46.6 Å². The zero-order valence-corrected chi connectivity index (χ0v) is 26.1. The standard InChI is InChI=1S/C29H31ClF2N4O4S.H2S/c1-5-24(37)34-12-17(3)35(13-16(34)2)28-21-11-22(30)25(20-7-6-18(31)10-23(20)32)27-26(21)36(29(38)33-28)19(15-41-27)14-40-9-8-39-4;/h5-7,10-11,16-17,19H,1,8-9,12-15H2,2-4H3;1H2/t16-,17+,19+;/m1./s1. The number of amides is 1. The lowest BCUT2D eigenvalue weighted by molar-refractivity contribution is -0.128. The number of rotatable bonds is 8. The van der Waals surface area contributed by atoms with Crippen molar-refractivity contribution in [2.45, 2.75) is 36.9 Å². The van der Waals surface area contributed by atoms with Crippen molar-refractivity contribution in [2.75, 3.05) is 50.7 Å². The minimum Gasteiger partial charge on any atom is -0.382 e. The van der Waals surface area contributed by atoms with Gasteiger partial charge < -0.3 is 19.3 Å². The number of methoxy groups -OCH3 is 1. The highest BCUT2D eigenvalue weighted by Crippen LogP contribution is 2.48. The SMILES string of the molecule is C=CC(=O)N1C[C@H](C)N(c2nc(=O)n3c4c(c(-c5ccc(F)cc5F)c(Cl)cc24)SC[C@@H]3COCCOC)C[C@H]1C.S. The predicted octanol–water partition coefficient (Wildman–Crippen LogP) is 5.03. The van der Waals surface area contributed by atoms with Crippen LogP contribution < -0.4 is 10.6 Å². The number of ether oxygens (including phenoxy) is 2. The van der Waals surface area contributed by atoms with Gasteiger partial charge in [-0.15, -0.1) is 11.8 Å². The van der Waals surface area contributed by atoms with Crippen molar-refractivity contribution >= 4 is 59.5 Å². The summed E-state index contributed by atoms with van der Waals surface area (Å²) in [5, 5.41) is 0.891. The molecule has 226 valence electrons. The monoisotopic (exact) mass is 638 g/mol. The molecular weight excluding hydrogens is 606 g/mol. The number of hydrogen-bond acceptors (Lipinski definition) is 7. The van der Waals surface area contributed by atoms with Gasteiger partial charge in [0.1, 0.15) is 17.5 Å². The first kappa shape index (κ1) is 32.3. The maximum Gasteiger partial charge on any atom is 0.350 e. The molecule has 1 aromatic heterocycles. The fraction of sp³-hybridized carbons (Fsp3) is 0.414. The summed E-state index contributed by atoms with van der Waals surface area (Å²) in [4.78, 5) is 35.1. The Morgan fingerprint density at radius 3 is 2.67 bits per heavy atom. The van der Waals surface area contributed by atoms with Gasteiger partial charge in [-0.1, -0.05) is 18.2 Å². The molecule has 8 nitrogen and oxygen atoms in total. The van der Waals surface area contributed by atoms with E-state index in [9.17, 15) is 14.0 Å². The van der Waals surface area contributed by atoms with Gasteiger partial charge in [0.2, 0.25) is 5.91 Å². The number of carbonyl (C=O) groups is 1. The van der Waals surface area contributed by atoms with Gasteiger partial charge in [-0.3, -0.25) is 9.36 Å². The summed E-state index contributed by atoms with van der Waals surface area (Å²) in [6.07, 6.45) is 1.30. The molecule has 0 N–H and O–H groups in total. The third-order valence-corrected chi connectivity index (χ3v) is 9.08. The van der Waals surface area contributed by atoms with E-state index < -0.39 is 17.3 Å². The van der Waals surface area contributed by atoms with Gasteiger partial charge in [-0.2, -0.15) is 18.5 Å². The fourth-order valence-electron chi connectivity index (χ4n) is 5.55. The smallest absolute Gasteiger partial charge is 0.350 e. The molecule has 1 fully saturated rings. The Morgan fingerprint density at radius 1 is 1.21 bits per heavy atom. The van der Waals surface area contributed by atoms with Gasteiger partial charge in [0.25, 0.3) is 0 Å². The van der Waals surface area contributed by atoms with E-state index in [1.165, 1.54) is 30.0 Å². The van der Waals surface area contributed by atoms with Crippen LogP contribution in [-0.2, 0) is 14.3 Å². The van der Waals surface area contributed by atoms with Crippen LogP contribution in [0.5, 0.6) is 0 Å². The summed E-state index contributed by atoms with van der Waals surface area (Å²) in [5.74, 6) is -0.695. The van der Waals surface area contributed by atoms with Gasteiger partial charge in [0.05, 0.1) is 36.4 Å². The lowest BCUT2D eigenvalue weighted by atomic mass is 10.0. The number of hydrogen-bond donors (Lipinski definition) is 0. The molecule has 1 amide bonds. The van der Waals surface area contributed by atoms with E-state index in [1.807, 2.05) is 18.7 Å². The molecule has 13 heteroatoms. The summed E-state index contributed by atoms with van der Waals surface area (Å²) >= 11 is 8.30. The Balaban J connectivity index is 0.00000405. The molecule has 5 rings (SSSR count). The molecule has 42 heavy (non-hydrogen) atoms. The molecule has 0 aliphatic carbocycles. The molecule has 2 aliphatic heterocycles. The zero-order valence-electron chi connectivity index (χ0n) is 23.5. The van der Waals surface area contributed by atoms with Crippen molar-refractivity contribution in [3.05, 3.63) is 64.1 Å². The number of anilines is 1. The topological polar surface area (TPSA) is 76.9 Å². The van der Waals surface area contributed by atoms with Gasteiger partial charge >= 0.3 is 5.69 Å². The second-order valence-corrected chi connectivity index (χ2v) is 11.7. The number of nitrogens with zero attached hydrogens (tertiary/aromatic N) is 4. The Morgan fingerprint density at radius 2 is 1.98 bits per heavy atom. The zero-order chi connectivity index (χ0) is 29.4. The van der Waals surface area contributed by atoms with Crippen LogP contribution in [0.1, 0.15) is 19.9 Å². The van der Waals surface area contributed by atoms with Crippen molar-refractivity contribution in [2.24, 2.45) is 0 Å². The average Bonchev–Trinajstić information content (AvgIpc) is 2.94. The minimum absolute atomic E-state index is 0. The number of aromatic nitrogens is 2. The van der Waals surface area contributed by atoms with Crippen LogP contribution in [0.4, 0.5) is 14.6 Å². The summed E-state index contributed by atoms with van der Waals surface area (Å²) in [5.41, 5.74) is 0.649. The quantitative estimate of drug-likeness (QED) is 0.253. The van der Waals surface area contributed by atoms with E-state index >= 15 is 4.39 Å². The molecule has 3 aromatic rings. The molecule has 0 spiro atoms. The Bertz CT molecular complexity index is 1570. The first-order valence-corrected chi connectivity index (χ1v) is 14.7. The summed E-state index contributed by atoms with van der Waals surface area (Å²) in [6, 6.07) is 4.39. The van der Waals surface area contributed by atoms with Crippen molar-refractivity contribution in [1.29, 1.82) is 0 Å². The third-order valence-electron chi connectivity index (χ3n) is 7.54. The normalized spacial score (nSPS) is 20.0. The van der Waals surface area contributed by atoms with Crippen LogP contribution in [0.3, 0.4) is 0 Å². The molecule has 1 saturated heterocycles. The molecule has 3 atom stereocenters. The van der Waals surface area contributed by atoms with Crippen LogP contribution in [-0.4, -0.2) is 78.2 Å². The van der Waals surface area contributed by atoms with Crippen molar-refractivity contribution < 1.29 is 23.0 Å². The lowest BCUT2D eigenvalue weighted by Crippen LogP contribution is -2.58. The Hall–Kier alpha value is -2.64. The van der Waals surface area contributed by atoms with E-state index in [0.717, 1.165) is 6.07 Å². The fourth-order valence-corrected chi connectivity index (χ4v) is 7.23. The molecule has 0 bridgehead atoms. The average molecular weight is 639 g/mol. The van der Waals surface area contributed by atoms with E-state index in [1.54, 1.807) is 22.6 Å². The molecule has 3 heterocycles. The number of piperazine rings is 1. The molecular formula is C29H33ClF2N4O4S2. The van der Waals surface area contributed by atoms with Gasteiger partial charge in [0, 0.05) is 65.5 Å². The summed E-state index contributed by atoms with van der Waals surface area (Å²) < 4.78 is 41.3. The first-order chi connectivity index (χ1) is 19.7. The molecule has 2 aromatic carbocycles. The third kappa shape index (κ3) is 5.92. The number of carbonyl (C=O) groups excluding carboxylic acids is 1. The minimum atomic E-state index is -0.748. The van der Waals surface area contributed by atoms with Crippen molar-refractivity contribution in [3.63, 3.8) is 0 Å². The van der Waals surface area contributed by atoms with E-state index in [2.05, 4.69) is 11.6 Å². The van der Waals surface area contributed by atoms with Gasteiger partial charge in [0.15, 0.2) is 0 Å². The van der Waals surface area contributed by atoms with E-state index in [-0.39, 0.29) is 54.7 Å². The molecule has 0 saturated carbocycles. The second kappa shape index (κ2) is 13.3. The second-order valence-electron chi connectivity index (χ2n) is 10.2. The Kier molecular flexibility index (Phi) is 10.2. The van der Waals surface area contributed by atoms with Crippen LogP contribution >= 0.6 is 36.9 Å². The summed E-state index contributed by atoms with van der Waals surface area (Å²) in [7, 11) is 1.58. The van der Waals surface area contributed by atoms with E-state index in [0.29, 0.717) is 59.2 Å². The van der Waals surface area contributed by atoms with Crippen LogP contribution in [0.25, 0.3) is 22.0 Å². The number of thioether (sulfide) groups is 1. The highest BCUT2D eigenvalue weighted by Gasteiger charge is 2.36. The molecule has 0 unspecified atom stereocenters. The van der Waals surface area contributed by atoms with Crippen molar-refractivity contribution in [3.8, 4) is 11.1 Å².